The Balaban J connectivity index is 0.00000180. The maximum absolute atomic E-state index is 12.3. The normalized spacial score (nSPS) is 18.7. The van der Waals surface area contributed by atoms with Gasteiger partial charge < -0.3 is 5.73 Å². The number of nitrogens with two attached hydrogens (primary N) is 1. The molecule has 3 N–H and O–H groups in total. The maximum Gasteiger partial charge on any atom is 0.250 e. The van der Waals surface area contributed by atoms with Gasteiger partial charge in [-0.3, -0.25) is 0 Å². The molecule has 0 saturated heterocycles. The van der Waals surface area contributed by atoms with Crippen molar-refractivity contribution in [2.45, 2.75) is 36.4 Å². The standard InChI is InChI=1S/C11H17BrN2O2S2.ClH/c1-7-5-9(17-10(7)12)18(15,16)14-11(2,6-13)8-3-4-8;/h5,8,14H,3-4,6,13H2,1-2H3;1H. The Hall–Kier alpha value is 0.340. The molecule has 110 valence electrons. The molecule has 8 heteroatoms. The van der Waals surface area contributed by atoms with E-state index in [1.54, 1.807) is 6.07 Å². The molecule has 2 rings (SSSR count). The topological polar surface area (TPSA) is 72.2 Å². The molecule has 1 aromatic heterocycles. The first-order valence-electron chi connectivity index (χ1n) is 5.78. The summed E-state index contributed by atoms with van der Waals surface area (Å²) in [7, 11) is -3.48. The van der Waals surface area contributed by atoms with E-state index in [0.717, 1.165) is 22.2 Å². The zero-order valence-corrected chi connectivity index (χ0v) is 14.8. The number of nitrogens with one attached hydrogen (secondary N) is 1. The summed E-state index contributed by atoms with van der Waals surface area (Å²) in [6, 6.07) is 1.68. The molecule has 0 amide bonds. The van der Waals surface area contributed by atoms with Gasteiger partial charge in [-0.2, -0.15) is 0 Å². The SMILES string of the molecule is Cc1cc(S(=O)(=O)NC(C)(CN)C2CC2)sc1Br.Cl. The highest BCUT2D eigenvalue weighted by Crippen LogP contribution is 2.40. The molecule has 19 heavy (non-hydrogen) atoms. The van der Waals surface area contributed by atoms with Crippen LogP contribution in [0.2, 0.25) is 0 Å². The molecule has 0 bridgehead atoms. The summed E-state index contributed by atoms with van der Waals surface area (Å²) in [5.74, 6) is 0.363. The van der Waals surface area contributed by atoms with Crippen molar-refractivity contribution in [2.24, 2.45) is 11.7 Å². The van der Waals surface area contributed by atoms with Crippen molar-refractivity contribution in [3.05, 3.63) is 15.4 Å². The second kappa shape index (κ2) is 5.99. The zero-order valence-electron chi connectivity index (χ0n) is 10.8. The number of sulfonamides is 1. The number of hydrogen-bond donors (Lipinski definition) is 2. The predicted molar refractivity (Wildman–Crippen MR) is 84.5 cm³/mol. The first kappa shape index (κ1) is 17.4. The highest BCUT2D eigenvalue weighted by molar-refractivity contribution is 9.11. The minimum absolute atomic E-state index is 0. The molecule has 0 radical (unpaired) electrons. The van der Waals surface area contributed by atoms with Gasteiger partial charge in [0.25, 0.3) is 10.0 Å². The molecule has 0 aromatic carbocycles. The van der Waals surface area contributed by atoms with Crippen LogP contribution in [0.25, 0.3) is 0 Å². The van der Waals surface area contributed by atoms with Crippen LogP contribution >= 0.6 is 39.7 Å². The fraction of sp³-hybridized carbons (Fsp3) is 0.636. The van der Waals surface area contributed by atoms with E-state index in [1.165, 1.54) is 11.3 Å². The fourth-order valence-corrected chi connectivity index (χ4v) is 5.64. The smallest absolute Gasteiger partial charge is 0.250 e. The lowest BCUT2D eigenvalue weighted by atomic mass is 9.98. The summed E-state index contributed by atoms with van der Waals surface area (Å²) in [4.78, 5) is 0. The second-order valence-corrected chi connectivity index (χ2v) is 9.30. The highest BCUT2D eigenvalue weighted by Gasteiger charge is 2.43. The van der Waals surface area contributed by atoms with Crippen LogP contribution in [0, 0.1) is 12.8 Å². The molecule has 1 aliphatic rings. The minimum atomic E-state index is -3.48. The van der Waals surface area contributed by atoms with Gasteiger partial charge in [-0.15, -0.1) is 23.7 Å². The van der Waals surface area contributed by atoms with Crippen molar-refractivity contribution in [1.29, 1.82) is 0 Å². The van der Waals surface area contributed by atoms with E-state index in [-0.39, 0.29) is 12.4 Å². The number of thiophene rings is 1. The Kier molecular flexibility index (Phi) is 5.48. The Bertz CT molecular complexity index is 538. The second-order valence-electron chi connectivity index (χ2n) is 5.02. The summed E-state index contributed by atoms with van der Waals surface area (Å²) < 4.78 is 28.6. The number of rotatable bonds is 5. The molecule has 1 fully saturated rings. The Labute approximate surface area is 132 Å². The molecule has 0 aliphatic heterocycles. The van der Waals surface area contributed by atoms with Crippen LogP contribution < -0.4 is 10.5 Å². The van der Waals surface area contributed by atoms with Gasteiger partial charge in [-0.25, -0.2) is 13.1 Å². The van der Waals surface area contributed by atoms with Gasteiger partial charge in [0.15, 0.2) is 0 Å². The number of aryl methyl sites for hydroxylation is 1. The van der Waals surface area contributed by atoms with Crippen LogP contribution in [-0.2, 0) is 10.0 Å². The third-order valence-electron chi connectivity index (χ3n) is 3.37. The average Bonchev–Trinajstić information content (AvgIpc) is 3.07. The quantitative estimate of drug-likeness (QED) is 0.813. The molecule has 4 nitrogen and oxygen atoms in total. The fourth-order valence-electron chi connectivity index (χ4n) is 1.93. The summed E-state index contributed by atoms with van der Waals surface area (Å²) in [5.41, 5.74) is 6.14. The lowest BCUT2D eigenvalue weighted by Crippen LogP contribution is -2.52. The van der Waals surface area contributed by atoms with Crippen LogP contribution in [0.4, 0.5) is 0 Å². The van der Waals surface area contributed by atoms with Crippen molar-refractivity contribution in [3.63, 3.8) is 0 Å². The summed E-state index contributed by atoms with van der Waals surface area (Å²) in [6.45, 7) is 4.09. The molecule has 1 aliphatic carbocycles. The number of halogens is 2. The van der Waals surface area contributed by atoms with Crippen LogP contribution in [0.3, 0.4) is 0 Å². The Morgan fingerprint density at radius 3 is 2.53 bits per heavy atom. The molecule has 1 atom stereocenters. The van der Waals surface area contributed by atoms with E-state index in [4.69, 9.17) is 5.73 Å². The van der Waals surface area contributed by atoms with Crippen molar-refractivity contribution >= 4 is 49.7 Å². The molecule has 1 unspecified atom stereocenters. The summed E-state index contributed by atoms with van der Waals surface area (Å²) in [5, 5.41) is 0. The minimum Gasteiger partial charge on any atom is -0.329 e. The monoisotopic (exact) mass is 388 g/mol. The van der Waals surface area contributed by atoms with Crippen molar-refractivity contribution < 1.29 is 8.42 Å². The molecule has 1 saturated carbocycles. The van der Waals surface area contributed by atoms with Gasteiger partial charge in [0.1, 0.15) is 4.21 Å². The summed E-state index contributed by atoms with van der Waals surface area (Å²) in [6.07, 6.45) is 2.09. The van der Waals surface area contributed by atoms with E-state index in [9.17, 15) is 8.42 Å². The van der Waals surface area contributed by atoms with E-state index in [2.05, 4.69) is 20.7 Å². The van der Waals surface area contributed by atoms with Gasteiger partial charge in [0, 0.05) is 12.1 Å². The maximum atomic E-state index is 12.3. The van der Waals surface area contributed by atoms with E-state index in [1.807, 2.05) is 13.8 Å². The highest BCUT2D eigenvalue weighted by atomic mass is 79.9. The van der Waals surface area contributed by atoms with E-state index in [0.29, 0.717) is 16.7 Å². The zero-order chi connectivity index (χ0) is 13.6. The van der Waals surface area contributed by atoms with Gasteiger partial charge in [0.05, 0.1) is 3.79 Å². The largest absolute Gasteiger partial charge is 0.329 e. The molecule has 1 aromatic rings. The number of hydrogen-bond acceptors (Lipinski definition) is 4. The lowest BCUT2D eigenvalue weighted by Gasteiger charge is -2.28. The Morgan fingerprint density at radius 1 is 1.58 bits per heavy atom. The van der Waals surface area contributed by atoms with Crippen LogP contribution in [0.1, 0.15) is 25.3 Å². The third kappa shape index (κ3) is 3.71. The molecule has 1 heterocycles. The third-order valence-corrected chi connectivity index (χ3v) is 7.59. The first-order chi connectivity index (χ1) is 8.28. The first-order valence-corrected chi connectivity index (χ1v) is 8.88. The van der Waals surface area contributed by atoms with Crippen molar-refractivity contribution in [1.82, 2.24) is 4.72 Å². The molecular weight excluding hydrogens is 372 g/mol. The van der Waals surface area contributed by atoms with Crippen LogP contribution in [-0.4, -0.2) is 20.5 Å². The van der Waals surface area contributed by atoms with Gasteiger partial charge in [-0.05, 0) is 60.2 Å². The van der Waals surface area contributed by atoms with Crippen LogP contribution in [0.5, 0.6) is 0 Å². The van der Waals surface area contributed by atoms with Crippen LogP contribution in [0.15, 0.2) is 14.1 Å². The molecular formula is C11H18BrClN2O2S2. The van der Waals surface area contributed by atoms with Gasteiger partial charge >= 0.3 is 0 Å². The average molecular weight is 390 g/mol. The predicted octanol–water partition coefficient (Wildman–Crippen LogP) is 2.65. The van der Waals surface area contributed by atoms with Crippen molar-refractivity contribution in [2.75, 3.05) is 6.54 Å². The summed E-state index contributed by atoms with van der Waals surface area (Å²) >= 11 is 4.58. The lowest BCUT2D eigenvalue weighted by molar-refractivity contribution is 0.374. The Morgan fingerprint density at radius 2 is 2.16 bits per heavy atom. The van der Waals surface area contributed by atoms with E-state index < -0.39 is 15.6 Å². The van der Waals surface area contributed by atoms with Crippen molar-refractivity contribution in [3.8, 4) is 0 Å². The van der Waals surface area contributed by atoms with E-state index >= 15 is 0 Å². The van der Waals surface area contributed by atoms with Gasteiger partial charge in [-0.1, -0.05) is 0 Å². The van der Waals surface area contributed by atoms with Gasteiger partial charge in [0.2, 0.25) is 0 Å². The molecule has 0 spiro atoms.